The van der Waals surface area contributed by atoms with E-state index in [0.29, 0.717) is 6.54 Å². The van der Waals surface area contributed by atoms with Crippen LogP contribution >= 0.6 is 0 Å². The molecule has 2 unspecified atom stereocenters. The van der Waals surface area contributed by atoms with Crippen molar-refractivity contribution in [2.45, 2.75) is 76.7 Å². The van der Waals surface area contributed by atoms with Crippen molar-refractivity contribution in [1.29, 1.82) is 0 Å². The van der Waals surface area contributed by atoms with E-state index in [0.717, 1.165) is 37.0 Å². The summed E-state index contributed by atoms with van der Waals surface area (Å²) in [5.74, 6) is -0.860. The third kappa shape index (κ3) is 6.28. The maximum absolute atomic E-state index is 13.0. The van der Waals surface area contributed by atoms with Gasteiger partial charge in [-0.15, -0.1) is 0 Å². The molecule has 8 heteroatoms. The Hall–Kier alpha value is -1.96. The van der Waals surface area contributed by atoms with Gasteiger partial charge in [-0.05, 0) is 81.6 Å². The minimum absolute atomic E-state index is 0.0783. The minimum Gasteiger partial charge on any atom is -0.481 e. The highest BCUT2D eigenvalue weighted by atomic mass is 16.4. The lowest BCUT2D eigenvalue weighted by Gasteiger charge is -2.57. The van der Waals surface area contributed by atoms with E-state index in [1.54, 1.807) is 7.05 Å². The van der Waals surface area contributed by atoms with Crippen molar-refractivity contribution in [1.82, 2.24) is 10.6 Å². The topological polar surface area (TPSA) is 133 Å². The first-order valence-electron chi connectivity index (χ1n) is 11.6. The number of ketones is 1. The van der Waals surface area contributed by atoms with Crippen LogP contribution in [-0.4, -0.2) is 53.5 Å². The number of carbonyl (C=O) groups excluding carboxylic acids is 2. The molecule has 174 valence electrons. The van der Waals surface area contributed by atoms with Crippen LogP contribution in [0.15, 0.2) is 0 Å². The highest BCUT2D eigenvalue weighted by Crippen LogP contribution is 2.59. The summed E-state index contributed by atoms with van der Waals surface area (Å²) in [6, 6.07) is -0.653. The summed E-state index contributed by atoms with van der Waals surface area (Å²) in [7, 11) is 1.59. The molecule has 1 amide bonds. The van der Waals surface area contributed by atoms with Crippen LogP contribution in [0.4, 0.5) is 0 Å². The van der Waals surface area contributed by atoms with Crippen molar-refractivity contribution >= 4 is 23.6 Å². The molecule has 0 aromatic carbocycles. The predicted octanol–water partition coefficient (Wildman–Crippen LogP) is 2.21. The maximum atomic E-state index is 13.0. The van der Waals surface area contributed by atoms with E-state index in [-0.39, 0.29) is 49.2 Å². The van der Waals surface area contributed by atoms with Crippen LogP contribution in [0.1, 0.15) is 70.6 Å². The SMILES string of the molecule is CNC(CCC(=O)O)C(=O)CC(CCC(=O)O)C(=O)NCC12CC3CC(CC(C3)C1)C2. The third-order valence-electron chi connectivity index (χ3n) is 7.71. The van der Waals surface area contributed by atoms with Crippen LogP contribution in [0.3, 0.4) is 0 Å². The Labute approximate surface area is 183 Å². The van der Waals surface area contributed by atoms with Crippen molar-refractivity contribution in [2.24, 2.45) is 29.1 Å². The lowest BCUT2D eigenvalue weighted by Crippen LogP contribution is -2.52. The third-order valence-corrected chi connectivity index (χ3v) is 7.71. The second kappa shape index (κ2) is 10.1. The average Bonchev–Trinajstić information content (AvgIpc) is 2.68. The molecular formula is C23H36N2O6. The van der Waals surface area contributed by atoms with E-state index in [4.69, 9.17) is 10.2 Å². The Balaban J connectivity index is 1.58. The van der Waals surface area contributed by atoms with E-state index in [1.165, 1.54) is 19.3 Å². The van der Waals surface area contributed by atoms with E-state index >= 15 is 0 Å². The number of amides is 1. The molecular weight excluding hydrogens is 400 g/mol. The lowest BCUT2D eigenvalue weighted by molar-refractivity contribution is -0.139. The zero-order chi connectivity index (χ0) is 22.6. The molecule has 0 heterocycles. The molecule has 4 aliphatic carbocycles. The Morgan fingerprint density at radius 2 is 1.42 bits per heavy atom. The fourth-order valence-corrected chi connectivity index (χ4v) is 6.67. The van der Waals surface area contributed by atoms with E-state index < -0.39 is 23.9 Å². The van der Waals surface area contributed by atoms with Crippen LogP contribution in [0.5, 0.6) is 0 Å². The van der Waals surface area contributed by atoms with Gasteiger partial charge in [-0.2, -0.15) is 0 Å². The van der Waals surface area contributed by atoms with Gasteiger partial charge in [0.2, 0.25) is 5.91 Å². The van der Waals surface area contributed by atoms with Gasteiger partial charge < -0.3 is 20.8 Å². The molecule has 0 aromatic rings. The number of hydrogen-bond acceptors (Lipinski definition) is 5. The first-order chi connectivity index (χ1) is 14.7. The standard InChI is InChI=1S/C23H36N2O6/c1-24-18(3-5-21(29)30)19(26)9-17(2-4-20(27)28)22(31)25-13-23-10-14-6-15(11-23)8-16(7-14)12-23/h14-18,24H,2-13H2,1H3,(H,25,31)(H,27,28)(H,29,30). The summed E-state index contributed by atoms with van der Waals surface area (Å²) in [4.78, 5) is 47.6. The molecule has 4 saturated carbocycles. The van der Waals surface area contributed by atoms with Gasteiger partial charge in [-0.25, -0.2) is 0 Å². The van der Waals surface area contributed by atoms with Gasteiger partial charge in [0.15, 0.2) is 5.78 Å². The zero-order valence-electron chi connectivity index (χ0n) is 18.4. The number of hydrogen-bond donors (Lipinski definition) is 4. The number of aliphatic carboxylic acids is 2. The summed E-state index contributed by atoms with van der Waals surface area (Å²) < 4.78 is 0. The number of nitrogens with one attached hydrogen (secondary N) is 2. The number of carboxylic acids is 2. The van der Waals surface area contributed by atoms with Gasteiger partial charge in [0.1, 0.15) is 0 Å². The molecule has 8 nitrogen and oxygen atoms in total. The Kier molecular flexibility index (Phi) is 7.73. The van der Waals surface area contributed by atoms with Crippen molar-refractivity contribution < 1.29 is 29.4 Å². The Morgan fingerprint density at radius 3 is 1.90 bits per heavy atom. The van der Waals surface area contributed by atoms with Crippen LogP contribution in [0.25, 0.3) is 0 Å². The monoisotopic (exact) mass is 436 g/mol. The smallest absolute Gasteiger partial charge is 0.303 e. The molecule has 2 atom stereocenters. The van der Waals surface area contributed by atoms with Crippen molar-refractivity contribution in [2.75, 3.05) is 13.6 Å². The van der Waals surface area contributed by atoms with Crippen molar-refractivity contribution in [3.05, 3.63) is 0 Å². The predicted molar refractivity (Wildman–Crippen MR) is 113 cm³/mol. The van der Waals surface area contributed by atoms with Crippen LogP contribution in [-0.2, 0) is 19.2 Å². The van der Waals surface area contributed by atoms with E-state index in [2.05, 4.69) is 10.6 Å². The molecule has 4 bridgehead atoms. The molecule has 0 radical (unpaired) electrons. The minimum atomic E-state index is -0.998. The number of Topliss-reactive ketones (excluding diaryl/α,β-unsaturated/α-hetero) is 1. The first kappa shape index (κ1) is 23.7. The van der Waals surface area contributed by atoms with Gasteiger partial charge in [-0.3, -0.25) is 19.2 Å². The fraction of sp³-hybridized carbons (Fsp3) is 0.826. The maximum Gasteiger partial charge on any atom is 0.303 e. The summed E-state index contributed by atoms with van der Waals surface area (Å²) in [5, 5.41) is 23.8. The van der Waals surface area contributed by atoms with Crippen molar-refractivity contribution in [3.63, 3.8) is 0 Å². The Morgan fingerprint density at radius 1 is 0.903 bits per heavy atom. The number of rotatable bonds is 13. The van der Waals surface area contributed by atoms with Gasteiger partial charge in [0.05, 0.1) is 6.04 Å². The van der Waals surface area contributed by atoms with E-state index in [9.17, 15) is 19.2 Å². The van der Waals surface area contributed by atoms with Gasteiger partial charge >= 0.3 is 11.9 Å². The van der Waals surface area contributed by atoms with Crippen LogP contribution in [0, 0.1) is 29.1 Å². The fourth-order valence-electron chi connectivity index (χ4n) is 6.67. The molecule has 4 rings (SSSR count). The van der Waals surface area contributed by atoms with Crippen LogP contribution < -0.4 is 10.6 Å². The first-order valence-corrected chi connectivity index (χ1v) is 11.6. The molecule has 0 aliphatic heterocycles. The largest absolute Gasteiger partial charge is 0.481 e. The van der Waals surface area contributed by atoms with Gasteiger partial charge in [0.25, 0.3) is 0 Å². The van der Waals surface area contributed by atoms with Crippen LogP contribution in [0.2, 0.25) is 0 Å². The van der Waals surface area contributed by atoms with Gasteiger partial charge in [-0.1, -0.05) is 0 Å². The number of likely N-dealkylation sites (N-methyl/N-ethyl adjacent to an activating group) is 1. The molecule has 31 heavy (non-hydrogen) atoms. The highest BCUT2D eigenvalue weighted by Gasteiger charge is 2.50. The van der Waals surface area contributed by atoms with E-state index in [1.807, 2.05) is 0 Å². The lowest BCUT2D eigenvalue weighted by atomic mass is 9.49. The highest BCUT2D eigenvalue weighted by molar-refractivity contribution is 5.90. The molecule has 4 fully saturated rings. The summed E-state index contributed by atoms with van der Waals surface area (Å²) in [6.07, 6.45) is 7.30. The quantitative estimate of drug-likeness (QED) is 0.348. The summed E-state index contributed by atoms with van der Waals surface area (Å²) in [5.41, 5.74) is 0.167. The molecule has 0 aromatic heterocycles. The normalized spacial score (nSPS) is 30.5. The molecule has 0 saturated heterocycles. The second-order valence-electron chi connectivity index (χ2n) is 10.2. The summed E-state index contributed by atoms with van der Waals surface area (Å²) in [6.45, 7) is 0.613. The summed E-state index contributed by atoms with van der Waals surface area (Å²) >= 11 is 0. The molecule has 4 N–H and O–H groups in total. The number of carboxylic acid groups (broad SMARTS) is 2. The number of carbonyl (C=O) groups is 4. The molecule has 0 spiro atoms. The van der Waals surface area contributed by atoms with Crippen molar-refractivity contribution in [3.8, 4) is 0 Å². The van der Waals surface area contributed by atoms with Gasteiger partial charge in [0, 0.05) is 31.7 Å². The zero-order valence-corrected chi connectivity index (χ0v) is 18.4. The Bertz CT molecular complexity index is 671. The second-order valence-corrected chi connectivity index (χ2v) is 10.2. The average molecular weight is 437 g/mol. The molecule has 4 aliphatic rings.